The lowest BCUT2D eigenvalue weighted by Crippen LogP contribution is -2.56. The molecule has 0 aromatic carbocycles. The average molecular weight is 287 g/mol. The van der Waals surface area contributed by atoms with Crippen molar-refractivity contribution < 1.29 is 4.74 Å². The van der Waals surface area contributed by atoms with Gasteiger partial charge in [0.2, 0.25) is 0 Å². The smallest absolute Gasteiger partial charge is 0.0834 e. The average Bonchev–Trinajstić information content (AvgIpc) is 2.72. The minimum absolute atomic E-state index is 0.0596. The molecule has 1 N–H and O–H groups in total. The van der Waals surface area contributed by atoms with Gasteiger partial charge in [-0.25, -0.2) is 0 Å². The number of rotatable bonds is 4. The van der Waals surface area contributed by atoms with Crippen molar-refractivity contribution in [1.29, 1.82) is 0 Å². The number of hydrogen-bond donors (Lipinski definition) is 1. The zero-order valence-electron chi connectivity index (χ0n) is 12.1. The highest BCUT2D eigenvalue weighted by molar-refractivity contribution is 6.31. The van der Waals surface area contributed by atoms with E-state index in [9.17, 15) is 0 Å². The quantitative estimate of drug-likeness (QED) is 0.910. The Labute approximate surface area is 119 Å². The fourth-order valence-corrected chi connectivity index (χ4v) is 3.17. The molecule has 0 saturated carbocycles. The second-order valence-corrected chi connectivity index (χ2v) is 5.88. The first kappa shape index (κ1) is 14.8. The van der Waals surface area contributed by atoms with E-state index < -0.39 is 0 Å². The van der Waals surface area contributed by atoms with Crippen molar-refractivity contribution in [3.05, 3.63) is 16.9 Å². The third kappa shape index (κ3) is 2.79. The predicted molar refractivity (Wildman–Crippen MR) is 76.5 cm³/mol. The second-order valence-electron chi connectivity index (χ2n) is 5.48. The van der Waals surface area contributed by atoms with Crippen molar-refractivity contribution in [3.8, 4) is 0 Å². The summed E-state index contributed by atoms with van der Waals surface area (Å²) in [7, 11) is 3.90. The molecule has 0 aliphatic carbocycles. The zero-order valence-corrected chi connectivity index (χ0v) is 12.9. The lowest BCUT2D eigenvalue weighted by Gasteiger charge is -2.45. The summed E-state index contributed by atoms with van der Waals surface area (Å²) in [6.45, 7) is 7.95. The molecule has 19 heavy (non-hydrogen) atoms. The molecule has 1 aliphatic rings. The number of morpholine rings is 1. The standard InChI is InChI=1S/C13H23ClN4O/c1-13(2,18-5-7-19-8-6-18)12(15-3)11-10(14)9-16-17(11)4/h9,12,15H,5-8H2,1-4H3. The van der Waals surface area contributed by atoms with E-state index in [2.05, 4.69) is 29.2 Å². The Bertz CT molecular complexity index is 407. The summed E-state index contributed by atoms with van der Waals surface area (Å²) in [6.07, 6.45) is 1.70. The highest BCUT2D eigenvalue weighted by Crippen LogP contribution is 2.34. The van der Waals surface area contributed by atoms with Crippen LogP contribution in [0, 0.1) is 0 Å². The molecular weight excluding hydrogens is 264 g/mol. The van der Waals surface area contributed by atoms with Crippen LogP contribution in [0.2, 0.25) is 5.02 Å². The topological polar surface area (TPSA) is 42.3 Å². The van der Waals surface area contributed by atoms with Crippen LogP contribution in [0.5, 0.6) is 0 Å². The van der Waals surface area contributed by atoms with Gasteiger partial charge in [-0.15, -0.1) is 0 Å². The molecule has 6 heteroatoms. The predicted octanol–water partition coefficient (Wildman–Crippen LogP) is 1.44. The van der Waals surface area contributed by atoms with Gasteiger partial charge in [0, 0.05) is 25.7 Å². The summed E-state index contributed by atoms with van der Waals surface area (Å²) in [6, 6.07) is 0.116. The minimum Gasteiger partial charge on any atom is -0.379 e. The summed E-state index contributed by atoms with van der Waals surface area (Å²) >= 11 is 6.30. The summed E-state index contributed by atoms with van der Waals surface area (Å²) in [4.78, 5) is 2.45. The molecule has 1 fully saturated rings. The molecule has 0 amide bonds. The molecule has 2 heterocycles. The van der Waals surface area contributed by atoms with E-state index >= 15 is 0 Å². The van der Waals surface area contributed by atoms with E-state index in [4.69, 9.17) is 16.3 Å². The van der Waals surface area contributed by atoms with Gasteiger partial charge >= 0.3 is 0 Å². The summed E-state index contributed by atoms with van der Waals surface area (Å²) in [5.41, 5.74) is 0.969. The number of aromatic nitrogens is 2. The first-order valence-corrected chi connectivity index (χ1v) is 7.03. The van der Waals surface area contributed by atoms with Gasteiger partial charge in [0.05, 0.1) is 36.2 Å². The van der Waals surface area contributed by atoms with E-state index in [0.717, 1.165) is 32.0 Å². The molecule has 1 saturated heterocycles. The van der Waals surface area contributed by atoms with Crippen LogP contribution in [-0.4, -0.2) is 53.6 Å². The Morgan fingerprint density at radius 2 is 2.05 bits per heavy atom. The lowest BCUT2D eigenvalue weighted by molar-refractivity contribution is -0.0238. The Balaban J connectivity index is 2.29. The SMILES string of the molecule is CNC(c1c(Cl)cnn1C)C(C)(C)N1CCOCC1. The molecule has 1 unspecified atom stereocenters. The van der Waals surface area contributed by atoms with E-state index in [1.165, 1.54) is 0 Å². The molecule has 1 aliphatic heterocycles. The van der Waals surface area contributed by atoms with E-state index in [0.29, 0.717) is 5.02 Å². The molecule has 108 valence electrons. The van der Waals surface area contributed by atoms with Crippen molar-refractivity contribution in [1.82, 2.24) is 20.0 Å². The van der Waals surface area contributed by atoms with Crippen LogP contribution in [0.15, 0.2) is 6.20 Å². The van der Waals surface area contributed by atoms with Crippen molar-refractivity contribution in [2.45, 2.75) is 25.4 Å². The van der Waals surface area contributed by atoms with Gasteiger partial charge < -0.3 is 10.1 Å². The molecule has 1 aromatic rings. The van der Waals surface area contributed by atoms with Crippen LogP contribution >= 0.6 is 11.6 Å². The van der Waals surface area contributed by atoms with Crippen molar-refractivity contribution in [3.63, 3.8) is 0 Å². The summed E-state index contributed by atoms with van der Waals surface area (Å²) < 4.78 is 7.29. The van der Waals surface area contributed by atoms with Gasteiger partial charge in [0.1, 0.15) is 0 Å². The maximum Gasteiger partial charge on any atom is 0.0834 e. The largest absolute Gasteiger partial charge is 0.379 e. The van der Waals surface area contributed by atoms with Crippen molar-refractivity contribution in [2.24, 2.45) is 7.05 Å². The van der Waals surface area contributed by atoms with Crippen LogP contribution in [0.25, 0.3) is 0 Å². The fourth-order valence-electron chi connectivity index (χ4n) is 2.89. The Hall–Kier alpha value is -0.620. The summed E-state index contributed by atoms with van der Waals surface area (Å²) in [5.74, 6) is 0. The molecule has 1 atom stereocenters. The highest BCUT2D eigenvalue weighted by Gasteiger charge is 2.38. The number of hydrogen-bond acceptors (Lipinski definition) is 4. The van der Waals surface area contributed by atoms with Gasteiger partial charge in [-0.1, -0.05) is 11.6 Å². The number of ether oxygens (including phenoxy) is 1. The Kier molecular flexibility index (Phi) is 4.50. The summed E-state index contributed by atoms with van der Waals surface area (Å²) in [5, 5.41) is 8.35. The zero-order chi connectivity index (χ0) is 14.0. The van der Waals surface area contributed by atoms with Gasteiger partial charge in [-0.2, -0.15) is 5.10 Å². The Morgan fingerprint density at radius 1 is 1.42 bits per heavy atom. The van der Waals surface area contributed by atoms with Crippen molar-refractivity contribution >= 4 is 11.6 Å². The number of nitrogens with zero attached hydrogens (tertiary/aromatic N) is 3. The highest BCUT2D eigenvalue weighted by atomic mass is 35.5. The van der Waals surface area contributed by atoms with Crippen LogP contribution < -0.4 is 5.32 Å². The normalized spacial score (nSPS) is 19.6. The van der Waals surface area contributed by atoms with Gasteiger partial charge in [-0.05, 0) is 20.9 Å². The van der Waals surface area contributed by atoms with Crippen LogP contribution in [0.4, 0.5) is 0 Å². The monoisotopic (exact) mass is 286 g/mol. The number of aryl methyl sites for hydroxylation is 1. The van der Waals surface area contributed by atoms with E-state index in [1.54, 1.807) is 6.20 Å². The number of likely N-dealkylation sites (N-methyl/N-ethyl adjacent to an activating group) is 1. The fraction of sp³-hybridized carbons (Fsp3) is 0.769. The molecule has 2 rings (SSSR count). The van der Waals surface area contributed by atoms with Crippen LogP contribution in [-0.2, 0) is 11.8 Å². The second kappa shape index (κ2) is 5.79. The Morgan fingerprint density at radius 3 is 2.53 bits per heavy atom. The minimum atomic E-state index is -0.0596. The van der Waals surface area contributed by atoms with Crippen LogP contribution in [0.3, 0.4) is 0 Å². The van der Waals surface area contributed by atoms with Crippen LogP contribution in [0.1, 0.15) is 25.6 Å². The van der Waals surface area contributed by atoms with Gasteiger partial charge in [-0.3, -0.25) is 9.58 Å². The molecule has 0 spiro atoms. The van der Waals surface area contributed by atoms with E-state index in [-0.39, 0.29) is 11.6 Å². The number of halogens is 1. The molecular formula is C13H23ClN4O. The first-order chi connectivity index (χ1) is 8.98. The molecule has 0 radical (unpaired) electrons. The maximum atomic E-state index is 6.30. The van der Waals surface area contributed by atoms with Crippen molar-refractivity contribution in [2.75, 3.05) is 33.4 Å². The van der Waals surface area contributed by atoms with E-state index in [1.807, 2.05) is 18.8 Å². The first-order valence-electron chi connectivity index (χ1n) is 6.66. The maximum absolute atomic E-state index is 6.30. The number of nitrogens with one attached hydrogen (secondary N) is 1. The van der Waals surface area contributed by atoms with Gasteiger partial charge in [0.15, 0.2) is 0 Å². The van der Waals surface area contributed by atoms with Gasteiger partial charge in [0.25, 0.3) is 0 Å². The lowest BCUT2D eigenvalue weighted by atomic mass is 9.89. The molecule has 5 nitrogen and oxygen atoms in total. The third-order valence-corrected chi connectivity index (χ3v) is 4.32. The third-order valence-electron chi connectivity index (χ3n) is 4.03. The molecule has 0 bridgehead atoms. The molecule has 1 aromatic heterocycles.